The molecule has 2 N–H and O–H groups in total. The number of rotatable bonds is 54. The van der Waals surface area contributed by atoms with Crippen LogP contribution in [-0.2, 0) is 42.2 Å². The zero-order valence-corrected chi connectivity index (χ0v) is 48.8. The average Bonchev–Trinajstić information content (AvgIpc) is 3.41. The van der Waals surface area contributed by atoms with Crippen molar-refractivity contribution in [2.24, 2.45) is 0 Å². The summed E-state index contributed by atoms with van der Waals surface area (Å²) in [6, 6.07) is 0. The van der Waals surface area contributed by atoms with Gasteiger partial charge in [-0.2, -0.15) is 0 Å². The van der Waals surface area contributed by atoms with Crippen LogP contribution in [0.1, 0.15) is 239 Å². The summed E-state index contributed by atoms with van der Waals surface area (Å²) in [6.45, 7) is 4.32. The normalized spacial score (nSPS) is 14.1. The van der Waals surface area contributed by atoms with E-state index in [1.165, 1.54) is 83.5 Å². The molecule has 76 heavy (non-hydrogen) atoms. The number of phosphoric acid groups is 1. The number of allylic oxidation sites excluding steroid dienone is 18. The van der Waals surface area contributed by atoms with E-state index in [-0.39, 0.29) is 25.9 Å². The molecule has 0 aliphatic rings. The Labute approximate surface area is 463 Å². The third kappa shape index (κ3) is 54.9. The first-order valence-corrected chi connectivity index (χ1v) is 31.3. The summed E-state index contributed by atoms with van der Waals surface area (Å²) in [5.74, 6) is -1.57. The van der Waals surface area contributed by atoms with Crippen molar-refractivity contribution in [1.82, 2.24) is 0 Å². The molecule has 11 nitrogen and oxygen atoms in total. The number of phosphoric ester groups is 1. The number of esters is 3. The molecule has 3 unspecified atom stereocenters. The topological polar surface area (TPSA) is 155 Å². The lowest BCUT2D eigenvalue weighted by atomic mass is 10.1. The second-order valence-electron chi connectivity index (χ2n) is 19.4. The molecule has 0 saturated heterocycles. The van der Waals surface area contributed by atoms with Gasteiger partial charge in [0.15, 0.2) is 6.10 Å². The summed E-state index contributed by atoms with van der Waals surface area (Å²) >= 11 is 0. The van der Waals surface area contributed by atoms with E-state index in [2.05, 4.69) is 130 Å². The molecule has 0 radical (unpaired) electrons. The molecule has 0 bridgehead atoms. The lowest BCUT2D eigenvalue weighted by Crippen LogP contribution is -2.30. The molecule has 0 rings (SSSR count). The van der Waals surface area contributed by atoms with E-state index in [0.29, 0.717) is 19.3 Å². The van der Waals surface area contributed by atoms with Gasteiger partial charge in [-0.05, 0) is 122 Å². The smallest absolute Gasteiger partial charge is 0.462 e. The van der Waals surface area contributed by atoms with Crippen LogP contribution < -0.4 is 0 Å². The minimum Gasteiger partial charge on any atom is -0.462 e. The molecule has 0 aliphatic heterocycles. The van der Waals surface area contributed by atoms with Crippen LogP contribution in [0.4, 0.5) is 0 Å². The lowest BCUT2D eigenvalue weighted by molar-refractivity contribution is -0.161. The van der Waals surface area contributed by atoms with Gasteiger partial charge in [0, 0.05) is 19.3 Å². The predicted octanol–water partition coefficient (Wildman–Crippen LogP) is 17.8. The van der Waals surface area contributed by atoms with Crippen LogP contribution in [0.3, 0.4) is 0 Å². The molecule has 0 aromatic heterocycles. The maximum Gasteiger partial charge on any atom is 0.472 e. The van der Waals surface area contributed by atoms with E-state index >= 15 is 0 Å². The van der Waals surface area contributed by atoms with Gasteiger partial charge in [0.2, 0.25) is 0 Å². The van der Waals surface area contributed by atoms with Crippen molar-refractivity contribution >= 4 is 25.7 Å². The average molecular weight is 1080 g/mol. The molecule has 0 saturated carbocycles. The number of unbranched alkanes of at least 4 members (excludes halogenated alkanes) is 19. The van der Waals surface area contributed by atoms with Crippen LogP contribution in [0.2, 0.25) is 0 Å². The minimum atomic E-state index is -4.78. The summed E-state index contributed by atoms with van der Waals surface area (Å²) in [4.78, 5) is 48.6. The molecular weight excluding hydrogens is 976 g/mol. The van der Waals surface area contributed by atoms with Gasteiger partial charge < -0.3 is 24.2 Å². The quantitative estimate of drug-likeness (QED) is 0.0197. The summed E-state index contributed by atoms with van der Waals surface area (Å²) in [5, 5.41) is 9.82. The summed E-state index contributed by atoms with van der Waals surface area (Å²) in [6.07, 6.45) is 69.1. The number of ether oxygens (including phenoxy) is 3. The highest BCUT2D eigenvalue weighted by atomic mass is 31.2. The summed E-state index contributed by atoms with van der Waals surface area (Å²) < 4.78 is 39.5. The maximum atomic E-state index is 12.9. The number of hydrogen-bond donors (Lipinski definition) is 2. The van der Waals surface area contributed by atoms with Gasteiger partial charge in [0.25, 0.3) is 0 Å². The Morgan fingerprint density at radius 2 is 0.684 bits per heavy atom. The van der Waals surface area contributed by atoms with Gasteiger partial charge in [-0.25, -0.2) is 4.57 Å². The molecule has 0 aliphatic carbocycles. The molecule has 12 heteroatoms. The molecule has 3 atom stereocenters. The fourth-order valence-corrected chi connectivity index (χ4v) is 8.47. The van der Waals surface area contributed by atoms with Gasteiger partial charge in [0.05, 0.1) is 19.8 Å². The zero-order valence-electron chi connectivity index (χ0n) is 47.9. The Morgan fingerprint density at radius 1 is 0.382 bits per heavy atom. The third-order valence-corrected chi connectivity index (χ3v) is 13.1. The Kier molecular flexibility index (Phi) is 54.4. The van der Waals surface area contributed by atoms with Gasteiger partial charge in [-0.1, -0.05) is 207 Å². The van der Waals surface area contributed by atoms with Crippen LogP contribution in [0.15, 0.2) is 109 Å². The maximum absolute atomic E-state index is 12.9. The molecule has 0 heterocycles. The van der Waals surface area contributed by atoms with Crippen LogP contribution in [0.25, 0.3) is 0 Å². The van der Waals surface area contributed by atoms with E-state index in [1.807, 2.05) is 0 Å². The van der Waals surface area contributed by atoms with Gasteiger partial charge in [-0.3, -0.25) is 23.4 Å². The van der Waals surface area contributed by atoms with Crippen LogP contribution >= 0.6 is 7.82 Å². The van der Waals surface area contributed by atoms with Crippen LogP contribution in [-0.4, -0.2) is 66.5 Å². The summed E-state index contributed by atoms with van der Waals surface area (Å²) in [5.41, 5.74) is 0. The Morgan fingerprint density at radius 3 is 1.09 bits per heavy atom. The standard InChI is InChI=1S/C64H107O11P/c1-4-7-10-13-16-19-22-25-28-29-30-31-34-37-40-43-46-49-52-55-64(68)75-61(57-71-62(66)53-50-47-44-41-38-35-32-26-23-20-17-14-11-8-5-2)59-73-76(69,70)72-58-60(56-65)74-63(67)54-51-48-45-42-39-36-33-27-24-21-18-15-12-9-6-3/h8-9,11-12,17-18,20-21,25-28,32-33,38-39,41-42,60-61,65H,4-7,10,13-16,19,22-24,29-31,34-37,40,43-59H2,1-3H3,(H,69,70)/b11-8-,12-9-,20-17-,21-18-,28-25-,32-26-,33-27-,41-38-,42-39-. The van der Waals surface area contributed by atoms with Gasteiger partial charge >= 0.3 is 25.7 Å². The van der Waals surface area contributed by atoms with E-state index in [0.717, 1.165) is 96.3 Å². The highest BCUT2D eigenvalue weighted by Gasteiger charge is 2.28. The second-order valence-corrected chi connectivity index (χ2v) is 20.8. The minimum absolute atomic E-state index is 0.117. The Bertz CT molecular complexity index is 1690. The lowest BCUT2D eigenvalue weighted by Gasteiger charge is -2.21. The van der Waals surface area contributed by atoms with Crippen molar-refractivity contribution in [1.29, 1.82) is 0 Å². The zero-order chi connectivity index (χ0) is 55.5. The largest absolute Gasteiger partial charge is 0.472 e. The summed E-state index contributed by atoms with van der Waals surface area (Å²) in [7, 11) is -4.78. The molecule has 0 amide bonds. The Hall–Kier alpha value is -3.86. The van der Waals surface area contributed by atoms with Gasteiger partial charge in [0.1, 0.15) is 12.7 Å². The molecule has 0 aromatic carbocycles. The number of carbonyl (C=O) groups excluding carboxylic acids is 3. The van der Waals surface area contributed by atoms with Crippen molar-refractivity contribution in [3.05, 3.63) is 109 Å². The third-order valence-electron chi connectivity index (χ3n) is 12.2. The highest BCUT2D eigenvalue weighted by molar-refractivity contribution is 7.47. The van der Waals surface area contributed by atoms with E-state index < -0.39 is 57.8 Å². The fourth-order valence-electron chi connectivity index (χ4n) is 7.69. The molecule has 434 valence electrons. The van der Waals surface area contributed by atoms with E-state index in [1.54, 1.807) is 0 Å². The van der Waals surface area contributed by atoms with Crippen LogP contribution in [0, 0.1) is 0 Å². The first-order valence-electron chi connectivity index (χ1n) is 29.8. The van der Waals surface area contributed by atoms with Crippen molar-refractivity contribution in [2.45, 2.75) is 251 Å². The number of aliphatic hydroxyl groups excluding tert-OH is 1. The number of hydrogen-bond acceptors (Lipinski definition) is 10. The van der Waals surface area contributed by atoms with E-state index in [9.17, 15) is 28.9 Å². The van der Waals surface area contributed by atoms with Gasteiger partial charge in [-0.15, -0.1) is 0 Å². The number of carbonyl (C=O) groups is 3. The first-order chi connectivity index (χ1) is 37.2. The van der Waals surface area contributed by atoms with Crippen molar-refractivity contribution in [3.8, 4) is 0 Å². The van der Waals surface area contributed by atoms with Crippen molar-refractivity contribution in [3.63, 3.8) is 0 Å². The van der Waals surface area contributed by atoms with Crippen LogP contribution in [0.5, 0.6) is 0 Å². The Balaban J connectivity index is 4.81. The van der Waals surface area contributed by atoms with Crippen molar-refractivity contribution < 1.29 is 52.2 Å². The van der Waals surface area contributed by atoms with E-state index in [4.69, 9.17) is 23.3 Å². The highest BCUT2D eigenvalue weighted by Crippen LogP contribution is 2.43. The SMILES string of the molecule is CC/C=C\C/C=C\C/C=C\C/C=C\CCCCC(=O)OCC(COP(=O)(O)OCC(CO)OC(=O)CCCC/C=C\C/C=C\C/C=C\C/C=C\CC)OC(=O)CCCCCCCCCCC/C=C\CCCCCCCC. The molecular formula is C64H107O11P. The molecule has 0 spiro atoms. The van der Waals surface area contributed by atoms with Crippen molar-refractivity contribution in [2.75, 3.05) is 26.4 Å². The molecule has 0 aromatic rings. The molecule has 0 fully saturated rings. The second kappa shape index (κ2) is 57.3. The number of aliphatic hydroxyl groups is 1. The first kappa shape index (κ1) is 72.1. The monoisotopic (exact) mass is 1080 g/mol. The predicted molar refractivity (Wildman–Crippen MR) is 316 cm³/mol. The fraction of sp³-hybridized carbons (Fsp3) is 0.672.